The second-order valence-corrected chi connectivity index (χ2v) is 14.7. The van der Waals surface area contributed by atoms with Crippen LogP contribution >= 0.6 is 0 Å². The Morgan fingerprint density at radius 3 is 2.02 bits per heavy atom. The number of nitrogens with one attached hydrogen (secondary N) is 1. The first-order chi connectivity index (χ1) is 26.1. The van der Waals surface area contributed by atoms with Gasteiger partial charge in [0.15, 0.2) is 5.75 Å². The van der Waals surface area contributed by atoms with Crippen molar-refractivity contribution in [1.29, 1.82) is 0 Å². The number of anilines is 4. The van der Waals surface area contributed by atoms with Crippen LogP contribution in [0.2, 0.25) is 0 Å². The molecule has 0 aliphatic rings. The first kappa shape index (κ1) is 38.0. The van der Waals surface area contributed by atoms with E-state index in [-0.39, 0.29) is 56.0 Å². The van der Waals surface area contributed by atoms with E-state index < -0.39 is 31.7 Å². The Bertz CT molecular complexity index is 2770. The van der Waals surface area contributed by atoms with Crippen LogP contribution in [0.3, 0.4) is 0 Å². The van der Waals surface area contributed by atoms with E-state index in [1.807, 2.05) is 0 Å². The van der Waals surface area contributed by atoms with Gasteiger partial charge in [-0.15, -0.1) is 10.2 Å². The maximum atomic E-state index is 11.7. The number of phenols is 2. The minimum absolute atomic E-state index is 0.01000. The highest BCUT2D eigenvalue weighted by atomic mass is 32.2. The maximum Gasteiger partial charge on any atom is 0.296 e. The first-order valence-corrected chi connectivity index (χ1v) is 18.8. The highest BCUT2D eigenvalue weighted by molar-refractivity contribution is 7.86. The summed E-state index contributed by atoms with van der Waals surface area (Å²) in [6.45, 7) is -0.470. The number of nitrogen functional groups attached to an aromatic ring is 2. The van der Waals surface area contributed by atoms with Crippen molar-refractivity contribution in [3.05, 3.63) is 120 Å². The van der Waals surface area contributed by atoms with Crippen LogP contribution in [-0.4, -0.2) is 41.3 Å². The van der Waals surface area contributed by atoms with Crippen LogP contribution < -0.4 is 16.8 Å². The highest BCUT2D eigenvalue weighted by Gasteiger charge is 2.16. The molecule has 0 atom stereocenters. The van der Waals surface area contributed by atoms with Crippen molar-refractivity contribution in [2.24, 2.45) is 20.5 Å². The van der Waals surface area contributed by atoms with Crippen molar-refractivity contribution in [2.45, 2.75) is 16.4 Å². The van der Waals surface area contributed by atoms with Gasteiger partial charge in [-0.05, 0) is 89.3 Å². The quantitative estimate of drug-likeness (QED) is 0.0267. The Balaban J connectivity index is 1.16. The van der Waals surface area contributed by atoms with E-state index in [0.29, 0.717) is 33.4 Å². The third-order valence-corrected chi connectivity index (χ3v) is 9.92. The van der Waals surface area contributed by atoms with Gasteiger partial charge in [-0.3, -0.25) is 9.11 Å². The third-order valence-electron chi connectivity index (χ3n) is 8.10. The summed E-state index contributed by atoms with van der Waals surface area (Å²) in [5.41, 5.74) is 14.2. The molecule has 6 aromatic rings. The van der Waals surface area contributed by atoms with Crippen molar-refractivity contribution in [3.8, 4) is 11.5 Å². The van der Waals surface area contributed by atoms with Crippen LogP contribution in [0.1, 0.15) is 16.7 Å². The van der Waals surface area contributed by atoms with E-state index in [0.717, 1.165) is 0 Å². The van der Waals surface area contributed by atoms with Crippen molar-refractivity contribution >= 4 is 88.7 Å². The van der Waals surface area contributed by atoms with Gasteiger partial charge in [0.2, 0.25) is 0 Å². The Kier molecular flexibility index (Phi) is 10.6. The zero-order chi connectivity index (χ0) is 39.5. The molecule has 0 saturated heterocycles. The van der Waals surface area contributed by atoms with E-state index in [9.17, 15) is 41.3 Å². The Labute approximate surface area is 314 Å². The van der Waals surface area contributed by atoms with Gasteiger partial charge in [-0.2, -0.15) is 27.1 Å². The summed E-state index contributed by atoms with van der Waals surface area (Å²) >= 11 is 0. The minimum Gasteiger partial charge on any atom is -0.506 e. The molecule has 0 aliphatic heterocycles. The summed E-state index contributed by atoms with van der Waals surface area (Å²) in [5, 5.41) is 52.2. The normalized spacial score (nSPS) is 12.3. The van der Waals surface area contributed by atoms with Crippen LogP contribution in [0, 0.1) is 0 Å². The zero-order valence-corrected chi connectivity index (χ0v) is 29.9. The monoisotopic (exact) mass is 781 g/mol. The van der Waals surface area contributed by atoms with Gasteiger partial charge in [-0.1, -0.05) is 36.4 Å². The van der Waals surface area contributed by atoms with Crippen molar-refractivity contribution in [1.82, 2.24) is 0 Å². The van der Waals surface area contributed by atoms with E-state index in [1.54, 1.807) is 60.7 Å². The lowest BCUT2D eigenvalue weighted by Gasteiger charge is -2.11. The van der Waals surface area contributed by atoms with Crippen molar-refractivity contribution in [2.75, 3.05) is 16.8 Å². The molecule has 0 spiro atoms. The summed E-state index contributed by atoms with van der Waals surface area (Å²) in [4.78, 5) is -0.754. The third kappa shape index (κ3) is 8.92. The second kappa shape index (κ2) is 15.3. The number of hydrogen-bond donors (Lipinski definition) is 8. The van der Waals surface area contributed by atoms with Crippen molar-refractivity contribution < 1.29 is 41.3 Å². The number of aromatic hydroxyl groups is 2. The molecule has 0 amide bonds. The molecule has 0 aromatic heterocycles. The Hall–Kier alpha value is -6.70. The molecule has 0 saturated carbocycles. The van der Waals surface area contributed by atoms with Crippen LogP contribution in [0.15, 0.2) is 133 Å². The Morgan fingerprint density at radius 1 is 0.636 bits per heavy atom. The van der Waals surface area contributed by atoms with Gasteiger partial charge in [0.1, 0.15) is 26.9 Å². The van der Waals surface area contributed by atoms with E-state index in [4.69, 9.17) is 11.5 Å². The number of nitrogens with zero attached hydrogens (tertiary/aromatic N) is 4. The Morgan fingerprint density at radius 2 is 1.31 bits per heavy atom. The summed E-state index contributed by atoms with van der Waals surface area (Å²) in [6.07, 6.45) is 3.16. The fourth-order valence-electron chi connectivity index (χ4n) is 5.34. The fourth-order valence-corrected chi connectivity index (χ4v) is 6.70. The number of aliphatic hydroxyl groups excluding tert-OH is 1. The molecule has 16 nitrogen and oxygen atoms in total. The SMILES string of the molecule is Nc1ccc(C=Cc2ccc(N=Nc3cc(O)c(N=Nc4ccc5cc(Nc6ccc(N)c(S(=O)(=O)O)c6)ccc5c4O)cc3CO)cc2)c(S(=O)(=O)O)c1. The number of fused-ring (bicyclic) bond motifs is 1. The number of hydrogen-bond acceptors (Lipinski definition) is 14. The van der Waals surface area contributed by atoms with E-state index in [2.05, 4.69) is 25.8 Å². The zero-order valence-electron chi connectivity index (χ0n) is 28.3. The van der Waals surface area contributed by atoms with Gasteiger partial charge in [0.25, 0.3) is 20.2 Å². The van der Waals surface area contributed by atoms with Crippen LogP contribution in [0.25, 0.3) is 22.9 Å². The number of rotatable bonds is 11. The lowest BCUT2D eigenvalue weighted by atomic mass is 10.1. The number of nitrogens with two attached hydrogens (primary N) is 2. The number of phenolic OH excluding ortho intramolecular Hbond substituents is 2. The average Bonchev–Trinajstić information content (AvgIpc) is 3.14. The molecule has 6 rings (SSSR count). The van der Waals surface area contributed by atoms with E-state index in [1.165, 1.54) is 54.6 Å². The standard InChI is InChI=1S/C37H31N7O9S2/c38-25-7-5-22(35(17-25)54(48,49)50)4-1-21-2-8-26(9-3-21)41-43-32-19-34(46)33(16-24(32)20-45)44-42-31-14-6-23-15-27(10-12-29(23)37(31)47)40-28-11-13-30(39)36(18-28)55(51,52)53/h1-19,40,45-47H,20,38-39H2,(H,48,49,50)(H,51,52,53). The van der Waals surface area contributed by atoms with Crippen LogP contribution in [0.4, 0.5) is 45.5 Å². The number of benzene rings is 6. The predicted octanol–water partition coefficient (Wildman–Crippen LogP) is 8.15. The lowest BCUT2D eigenvalue weighted by molar-refractivity contribution is 0.282. The molecule has 0 bridgehead atoms. The average molecular weight is 782 g/mol. The predicted molar refractivity (Wildman–Crippen MR) is 208 cm³/mol. The molecule has 0 aliphatic carbocycles. The molecular weight excluding hydrogens is 751 g/mol. The molecule has 0 radical (unpaired) electrons. The summed E-state index contributed by atoms with van der Waals surface area (Å²) in [5.74, 6) is -0.519. The summed E-state index contributed by atoms with van der Waals surface area (Å²) in [6, 6.07) is 25.7. The second-order valence-electron chi connectivity index (χ2n) is 11.9. The topological polar surface area (TPSA) is 283 Å². The molecule has 0 heterocycles. The summed E-state index contributed by atoms with van der Waals surface area (Å²) < 4.78 is 65.7. The summed E-state index contributed by atoms with van der Waals surface area (Å²) in [7, 11) is -9.02. The van der Waals surface area contributed by atoms with Gasteiger partial charge in [-0.25, -0.2) is 0 Å². The minimum atomic E-state index is -4.53. The molecule has 18 heteroatoms. The number of azo groups is 2. The molecular formula is C37H31N7O9S2. The van der Waals surface area contributed by atoms with E-state index >= 15 is 0 Å². The van der Waals surface area contributed by atoms with Gasteiger partial charge in [0.05, 0.1) is 23.7 Å². The van der Waals surface area contributed by atoms with Crippen molar-refractivity contribution in [3.63, 3.8) is 0 Å². The fraction of sp³-hybridized carbons (Fsp3) is 0.0270. The van der Waals surface area contributed by atoms with Gasteiger partial charge < -0.3 is 32.1 Å². The lowest BCUT2D eigenvalue weighted by Crippen LogP contribution is -2.04. The molecule has 280 valence electrons. The largest absolute Gasteiger partial charge is 0.506 e. The molecule has 10 N–H and O–H groups in total. The van der Waals surface area contributed by atoms with Gasteiger partial charge in [0, 0.05) is 34.1 Å². The number of aliphatic hydroxyl groups is 1. The molecule has 0 fully saturated rings. The molecule has 6 aromatic carbocycles. The van der Waals surface area contributed by atoms with Gasteiger partial charge >= 0.3 is 0 Å². The smallest absolute Gasteiger partial charge is 0.296 e. The maximum absolute atomic E-state index is 11.7. The highest BCUT2D eigenvalue weighted by Crippen LogP contribution is 2.40. The van der Waals surface area contributed by atoms with Crippen LogP contribution in [0.5, 0.6) is 11.5 Å². The first-order valence-electron chi connectivity index (χ1n) is 15.9. The molecule has 55 heavy (non-hydrogen) atoms. The van der Waals surface area contributed by atoms with Crippen LogP contribution in [-0.2, 0) is 26.8 Å². The molecule has 0 unspecified atom stereocenters.